The fraction of sp³-hybridized carbons (Fsp3) is 0.318. The van der Waals surface area contributed by atoms with Crippen LogP contribution in [-0.4, -0.2) is 37.2 Å². The Labute approximate surface area is 181 Å². The number of halogens is 2. The molecule has 152 valence electrons. The van der Waals surface area contributed by atoms with Crippen LogP contribution >= 0.6 is 23.2 Å². The maximum absolute atomic E-state index is 12.8. The summed E-state index contributed by atoms with van der Waals surface area (Å²) < 4.78 is 25.6. The van der Waals surface area contributed by atoms with Crippen molar-refractivity contribution in [2.24, 2.45) is 11.0 Å². The van der Waals surface area contributed by atoms with Gasteiger partial charge in [0.25, 0.3) is 0 Å². The molecule has 29 heavy (non-hydrogen) atoms. The molecule has 4 nitrogen and oxygen atoms in total. The Bertz CT molecular complexity index is 1060. The molecular formula is C22H22Cl2N2O2S. The van der Waals surface area contributed by atoms with Gasteiger partial charge >= 0.3 is 0 Å². The molecule has 0 aliphatic carbocycles. The van der Waals surface area contributed by atoms with Crippen molar-refractivity contribution in [1.82, 2.24) is 5.01 Å². The summed E-state index contributed by atoms with van der Waals surface area (Å²) in [5.41, 5.74) is 3.60. The van der Waals surface area contributed by atoms with E-state index in [9.17, 15) is 8.42 Å². The standard InChI is InChI=1S/C22H22Cl2N2O2S/c1-2-11-26-22(16-5-9-19(24)10-6-16)20-14-29(27,28)13-17(21(20)25-26)12-15-3-7-18(23)8-4-15/h3-10,12,20,22H,2,11,13-14H2,1H3. The molecule has 0 saturated carbocycles. The maximum atomic E-state index is 12.8. The molecule has 2 atom stereocenters. The van der Waals surface area contributed by atoms with Crippen LogP contribution < -0.4 is 0 Å². The maximum Gasteiger partial charge on any atom is 0.155 e. The van der Waals surface area contributed by atoms with Crippen LogP contribution in [0.25, 0.3) is 6.08 Å². The average molecular weight is 449 g/mol. The van der Waals surface area contributed by atoms with Crippen LogP contribution in [0.1, 0.15) is 30.5 Å². The van der Waals surface area contributed by atoms with Gasteiger partial charge in [-0.3, -0.25) is 5.01 Å². The van der Waals surface area contributed by atoms with Gasteiger partial charge in [0.05, 0.1) is 23.3 Å². The van der Waals surface area contributed by atoms with Gasteiger partial charge in [-0.1, -0.05) is 54.4 Å². The highest BCUT2D eigenvalue weighted by Crippen LogP contribution is 2.42. The second kappa shape index (κ2) is 8.13. The molecule has 2 aliphatic rings. The Hall–Kier alpha value is -1.82. The van der Waals surface area contributed by atoms with Gasteiger partial charge in [-0.15, -0.1) is 0 Å². The van der Waals surface area contributed by atoms with Crippen molar-refractivity contribution in [2.75, 3.05) is 18.1 Å². The molecule has 1 fully saturated rings. The molecular weight excluding hydrogens is 427 g/mol. The molecule has 2 aromatic carbocycles. The first-order valence-corrected chi connectivity index (χ1v) is 12.2. The average Bonchev–Trinajstić information content (AvgIpc) is 3.01. The molecule has 2 heterocycles. The molecule has 2 aliphatic heterocycles. The summed E-state index contributed by atoms with van der Waals surface area (Å²) in [6.07, 6.45) is 2.85. The zero-order chi connectivity index (χ0) is 20.6. The van der Waals surface area contributed by atoms with Crippen LogP contribution in [0.5, 0.6) is 0 Å². The predicted molar refractivity (Wildman–Crippen MR) is 120 cm³/mol. The molecule has 0 amide bonds. The van der Waals surface area contributed by atoms with Crippen molar-refractivity contribution in [3.05, 3.63) is 75.3 Å². The number of hydrogen-bond acceptors (Lipinski definition) is 4. The van der Waals surface area contributed by atoms with E-state index in [1.54, 1.807) is 12.1 Å². The molecule has 2 aromatic rings. The topological polar surface area (TPSA) is 49.7 Å². The SMILES string of the molecule is CCCN1N=C2C(=Cc3ccc(Cl)cc3)CS(=O)(=O)CC2C1c1ccc(Cl)cc1. The predicted octanol–water partition coefficient (Wildman–Crippen LogP) is 5.24. The lowest BCUT2D eigenvalue weighted by atomic mass is 9.87. The van der Waals surface area contributed by atoms with Crippen LogP contribution in [0.3, 0.4) is 0 Å². The Morgan fingerprint density at radius 3 is 2.31 bits per heavy atom. The van der Waals surface area contributed by atoms with Crippen molar-refractivity contribution in [2.45, 2.75) is 19.4 Å². The lowest BCUT2D eigenvalue weighted by Gasteiger charge is -2.30. The molecule has 0 N–H and O–H groups in total. The number of rotatable bonds is 4. The Balaban J connectivity index is 1.78. The summed E-state index contributed by atoms with van der Waals surface area (Å²) >= 11 is 12.1. The van der Waals surface area contributed by atoms with E-state index < -0.39 is 9.84 Å². The summed E-state index contributed by atoms with van der Waals surface area (Å²) in [5.74, 6) is -0.0738. The van der Waals surface area contributed by atoms with Crippen LogP contribution in [0.15, 0.2) is 59.2 Å². The highest BCUT2D eigenvalue weighted by atomic mass is 35.5. The van der Waals surface area contributed by atoms with Gasteiger partial charge in [-0.2, -0.15) is 5.10 Å². The van der Waals surface area contributed by atoms with E-state index in [-0.39, 0.29) is 23.5 Å². The highest BCUT2D eigenvalue weighted by molar-refractivity contribution is 7.91. The van der Waals surface area contributed by atoms with Crippen LogP contribution in [0.4, 0.5) is 0 Å². The third-order valence-electron chi connectivity index (χ3n) is 5.30. The Morgan fingerprint density at radius 2 is 1.69 bits per heavy atom. The fourth-order valence-electron chi connectivity index (χ4n) is 4.11. The third kappa shape index (κ3) is 4.37. The monoisotopic (exact) mass is 448 g/mol. The fourth-order valence-corrected chi connectivity index (χ4v) is 6.07. The van der Waals surface area contributed by atoms with E-state index >= 15 is 0 Å². The molecule has 0 radical (unpaired) electrons. The molecule has 0 bridgehead atoms. The van der Waals surface area contributed by atoms with Crippen molar-refractivity contribution in [3.8, 4) is 0 Å². The normalized spacial score (nSPS) is 24.4. The Kier molecular flexibility index (Phi) is 5.74. The number of hydrogen-bond donors (Lipinski definition) is 0. The van der Waals surface area contributed by atoms with Crippen molar-refractivity contribution in [3.63, 3.8) is 0 Å². The van der Waals surface area contributed by atoms with Gasteiger partial charge in [-0.25, -0.2) is 8.42 Å². The first kappa shape index (κ1) is 20.5. The second-order valence-corrected chi connectivity index (χ2v) is 10.5. The second-order valence-electron chi connectivity index (χ2n) is 7.53. The number of hydrazone groups is 1. The minimum atomic E-state index is -3.23. The lowest BCUT2D eigenvalue weighted by molar-refractivity contribution is 0.209. The van der Waals surface area contributed by atoms with Gasteiger partial charge in [0.2, 0.25) is 0 Å². The number of benzene rings is 2. The largest absolute Gasteiger partial charge is 0.289 e. The van der Waals surface area contributed by atoms with Crippen LogP contribution in [0, 0.1) is 5.92 Å². The van der Waals surface area contributed by atoms with E-state index in [1.807, 2.05) is 47.5 Å². The van der Waals surface area contributed by atoms with Gasteiger partial charge < -0.3 is 0 Å². The number of sulfone groups is 1. The summed E-state index contributed by atoms with van der Waals surface area (Å²) in [5, 5.41) is 8.25. The molecule has 7 heteroatoms. The van der Waals surface area contributed by atoms with Crippen LogP contribution in [0.2, 0.25) is 10.0 Å². The Morgan fingerprint density at radius 1 is 1.07 bits per heavy atom. The van der Waals surface area contributed by atoms with Gasteiger partial charge in [0.1, 0.15) is 0 Å². The summed E-state index contributed by atoms with van der Waals surface area (Å²) in [7, 11) is -3.23. The highest BCUT2D eigenvalue weighted by Gasteiger charge is 2.45. The first-order valence-electron chi connectivity index (χ1n) is 9.64. The molecule has 1 saturated heterocycles. The third-order valence-corrected chi connectivity index (χ3v) is 7.42. The van der Waals surface area contributed by atoms with E-state index in [2.05, 4.69) is 6.92 Å². The molecule has 0 aromatic heterocycles. The zero-order valence-corrected chi connectivity index (χ0v) is 18.4. The van der Waals surface area contributed by atoms with Gasteiger partial charge in [0, 0.05) is 22.5 Å². The summed E-state index contributed by atoms with van der Waals surface area (Å²) in [6.45, 7) is 2.86. The van der Waals surface area contributed by atoms with E-state index in [0.717, 1.165) is 35.4 Å². The quantitative estimate of drug-likeness (QED) is 0.641. The van der Waals surface area contributed by atoms with Crippen molar-refractivity contribution < 1.29 is 8.42 Å². The summed E-state index contributed by atoms with van der Waals surface area (Å²) in [6, 6.07) is 14.9. The van der Waals surface area contributed by atoms with Crippen molar-refractivity contribution >= 4 is 44.8 Å². The van der Waals surface area contributed by atoms with Crippen molar-refractivity contribution in [1.29, 1.82) is 0 Å². The molecule has 2 unspecified atom stereocenters. The van der Waals surface area contributed by atoms with E-state index in [0.29, 0.717) is 10.0 Å². The number of nitrogens with zero attached hydrogens (tertiary/aromatic N) is 2. The van der Waals surface area contributed by atoms with Gasteiger partial charge in [-0.05, 0) is 53.5 Å². The molecule has 4 rings (SSSR count). The minimum Gasteiger partial charge on any atom is -0.289 e. The van der Waals surface area contributed by atoms with E-state index in [1.165, 1.54) is 0 Å². The number of fused-ring (bicyclic) bond motifs is 1. The van der Waals surface area contributed by atoms with E-state index in [4.69, 9.17) is 28.3 Å². The lowest BCUT2D eigenvalue weighted by Crippen LogP contribution is -2.37. The first-order chi connectivity index (χ1) is 13.9. The van der Waals surface area contributed by atoms with Gasteiger partial charge in [0.15, 0.2) is 9.84 Å². The van der Waals surface area contributed by atoms with Crippen LogP contribution in [-0.2, 0) is 9.84 Å². The minimum absolute atomic E-state index is 0.0122. The zero-order valence-electron chi connectivity index (χ0n) is 16.1. The molecule has 0 spiro atoms. The smallest absolute Gasteiger partial charge is 0.155 e. The summed E-state index contributed by atoms with van der Waals surface area (Å²) in [4.78, 5) is 0.